The molecule has 0 saturated heterocycles. The Morgan fingerprint density at radius 2 is 1.94 bits per heavy atom. The van der Waals surface area contributed by atoms with Crippen molar-refractivity contribution in [1.29, 1.82) is 0 Å². The first-order valence-corrected chi connectivity index (χ1v) is 12.4. The Bertz CT molecular complexity index is 944. The van der Waals surface area contributed by atoms with Gasteiger partial charge in [0.2, 0.25) is 11.7 Å². The molecule has 0 radical (unpaired) electrons. The SMILES string of the molecule is CCOC(=O)c1cncc(-c2noc([C@H](CCCC3CCCCC3)CC(=O)OC(C)(C)C)n2)c1. The Balaban J connectivity index is 1.72. The number of ether oxygens (including phenoxy) is 2. The topological polar surface area (TPSA) is 104 Å². The fraction of sp³-hybridized carbons (Fsp3) is 0.654. The van der Waals surface area contributed by atoms with Gasteiger partial charge in [0, 0.05) is 23.9 Å². The molecular formula is C26H37N3O5. The van der Waals surface area contributed by atoms with Crippen molar-refractivity contribution >= 4 is 11.9 Å². The lowest BCUT2D eigenvalue weighted by Crippen LogP contribution is -2.25. The molecule has 1 fully saturated rings. The van der Waals surface area contributed by atoms with Crippen LogP contribution >= 0.6 is 0 Å². The summed E-state index contributed by atoms with van der Waals surface area (Å²) in [7, 11) is 0. The summed E-state index contributed by atoms with van der Waals surface area (Å²) in [5, 5.41) is 4.10. The maximum Gasteiger partial charge on any atom is 0.339 e. The molecule has 186 valence electrons. The van der Waals surface area contributed by atoms with E-state index in [9.17, 15) is 9.59 Å². The van der Waals surface area contributed by atoms with Crippen LogP contribution in [0.3, 0.4) is 0 Å². The summed E-state index contributed by atoms with van der Waals surface area (Å²) in [6, 6.07) is 1.63. The van der Waals surface area contributed by atoms with Gasteiger partial charge in [-0.15, -0.1) is 0 Å². The van der Waals surface area contributed by atoms with Gasteiger partial charge in [0.05, 0.1) is 18.6 Å². The Morgan fingerprint density at radius 3 is 2.65 bits per heavy atom. The summed E-state index contributed by atoms with van der Waals surface area (Å²) < 4.78 is 16.2. The zero-order valence-electron chi connectivity index (χ0n) is 20.8. The summed E-state index contributed by atoms with van der Waals surface area (Å²) in [5.74, 6) is 0.555. The molecule has 1 atom stereocenters. The minimum atomic E-state index is -0.553. The zero-order chi connectivity index (χ0) is 24.6. The predicted molar refractivity (Wildman–Crippen MR) is 127 cm³/mol. The largest absolute Gasteiger partial charge is 0.462 e. The summed E-state index contributed by atoms with van der Waals surface area (Å²) in [4.78, 5) is 33.3. The van der Waals surface area contributed by atoms with E-state index in [1.165, 1.54) is 38.3 Å². The first kappa shape index (κ1) is 25.8. The van der Waals surface area contributed by atoms with Crippen molar-refractivity contribution in [3.63, 3.8) is 0 Å². The summed E-state index contributed by atoms with van der Waals surface area (Å²) in [5.41, 5.74) is 0.324. The van der Waals surface area contributed by atoms with Crippen molar-refractivity contribution in [3.05, 3.63) is 29.9 Å². The zero-order valence-corrected chi connectivity index (χ0v) is 20.8. The van der Waals surface area contributed by atoms with E-state index in [1.54, 1.807) is 19.2 Å². The molecule has 1 saturated carbocycles. The summed E-state index contributed by atoms with van der Waals surface area (Å²) in [6.45, 7) is 7.61. The number of nitrogens with zero attached hydrogens (tertiary/aromatic N) is 3. The van der Waals surface area contributed by atoms with Crippen LogP contribution in [0.1, 0.15) is 108 Å². The monoisotopic (exact) mass is 471 g/mol. The van der Waals surface area contributed by atoms with Gasteiger partial charge in [-0.05, 0) is 46.1 Å². The van der Waals surface area contributed by atoms with Crippen LogP contribution in [0.4, 0.5) is 0 Å². The maximum atomic E-state index is 12.6. The maximum absolute atomic E-state index is 12.6. The molecule has 8 nitrogen and oxygen atoms in total. The van der Waals surface area contributed by atoms with E-state index < -0.39 is 11.6 Å². The molecule has 0 bridgehead atoms. The lowest BCUT2D eigenvalue weighted by molar-refractivity contribution is -0.155. The van der Waals surface area contributed by atoms with Crippen LogP contribution in [0.15, 0.2) is 23.0 Å². The number of hydrogen-bond acceptors (Lipinski definition) is 8. The lowest BCUT2D eigenvalue weighted by Gasteiger charge is -2.23. The molecule has 0 aromatic carbocycles. The van der Waals surface area contributed by atoms with Crippen molar-refractivity contribution in [2.75, 3.05) is 6.61 Å². The number of rotatable bonds is 10. The van der Waals surface area contributed by atoms with Gasteiger partial charge in [-0.25, -0.2) is 4.79 Å². The Hall–Kier alpha value is -2.77. The number of pyridine rings is 1. The molecule has 34 heavy (non-hydrogen) atoms. The van der Waals surface area contributed by atoms with Gasteiger partial charge in [-0.2, -0.15) is 4.98 Å². The number of carbonyl (C=O) groups is 2. The van der Waals surface area contributed by atoms with Gasteiger partial charge in [-0.1, -0.05) is 50.1 Å². The number of esters is 2. The van der Waals surface area contributed by atoms with E-state index in [1.807, 2.05) is 20.8 Å². The molecule has 1 aliphatic rings. The highest BCUT2D eigenvalue weighted by Gasteiger charge is 2.27. The first-order valence-electron chi connectivity index (χ1n) is 12.4. The highest BCUT2D eigenvalue weighted by atomic mass is 16.6. The Morgan fingerprint density at radius 1 is 1.18 bits per heavy atom. The van der Waals surface area contributed by atoms with E-state index in [2.05, 4.69) is 15.1 Å². The second-order valence-electron chi connectivity index (χ2n) is 10.1. The normalized spacial score (nSPS) is 15.6. The second-order valence-corrected chi connectivity index (χ2v) is 10.1. The number of hydrogen-bond donors (Lipinski definition) is 0. The van der Waals surface area contributed by atoms with Crippen LogP contribution in [0.25, 0.3) is 11.4 Å². The van der Waals surface area contributed by atoms with Crippen LogP contribution in [-0.4, -0.2) is 39.3 Å². The van der Waals surface area contributed by atoms with E-state index >= 15 is 0 Å². The Labute approximate surface area is 201 Å². The molecule has 3 rings (SSSR count). The average molecular weight is 472 g/mol. The molecule has 8 heteroatoms. The second kappa shape index (κ2) is 12.1. The summed E-state index contributed by atoms with van der Waals surface area (Å²) in [6.07, 6.45) is 12.7. The third-order valence-electron chi connectivity index (χ3n) is 6.02. The molecule has 0 amide bonds. The van der Waals surface area contributed by atoms with Gasteiger partial charge >= 0.3 is 11.9 Å². The predicted octanol–water partition coefficient (Wildman–Crippen LogP) is 5.87. The van der Waals surface area contributed by atoms with Crippen LogP contribution in [0.5, 0.6) is 0 Å². The number of aromatic nitrogens is 3. The van der Waals surface area contributed by atoms with Crippen molar-refractivity contribution in [1.82, 2.24) is 15.1 Å². The van der Waals surface area contributed by atoms with E-state index in [0.717, 1.165) is 25.2 Å². The molecular weight excluding hydrogens is 434 g/mol. The van der Waals surface area contributed by atoms with E-state index in [-0.39, 0.29) is 24.9 Å². The van der Waals surface area contributed by atoms with Crippen LogP contribution in [0.2, 0.25) is 0 Å². The first-order chi connectivity index (χ1) is 16.2. The molecule has 0 unspecified atom stereocenters. The van der Waals surface area contributed by atoms with Crippen molar-refractivity contribution < 1.29 is 23.6 Å². The fourth-order valence-corrected chi connectivity index (χ4v) is 4.43. The average Bonchev–Trinajstić information content (AvgIpc) is 3.28. The molecule has 0 N–H and O–H groups in total. The highest BCUT2D eigenvalue weighted by Crippen LogP contribution is 2.32. The van der Waals surface area contributed by atoms with Gasteiger partial charge in [-0.3, -0.25) is 9.78 Å². The van der Waals surface area contributed by atoms with Gasteiger partial charge in [0.25, 0.3) is 0 Å². The molecule has 2 heterocycles. The van der Waals surface area contributed by atoms with Crippen LogP contribution < -0.4 is 0 Å². The van der Waals surface area contributed by atoms with Gasteiger partial charge in [0.1, 0.15) is 5.60 Å². The third kappa shape index (κ3) is 7.92. The number of carbonyl (C=O) groups excluding carboxylic acids is 2. The van der Waals surface area contributed by atoms with Gasteiger partial charge in [0.15, 0.2) is 0 Å². The van der Waals surface area contributed by atoms with Crippen LogP contribution in [-0.2, 0) is 14.3 Å². The third-order valence-corrected chi connectivity index (χ3v) is 6.02. The molecule has 0 spiro atoms. The minimum Gasteiger partial charge on any atom is -0.462 e. The molecule has 0 aliphatic heterocycles. The minimum absolute atomic E-state index is 0.185. The summed E-state index contributed by atoms with van der Waals surface area (Å²) >= 11 is 0. The fourth-order valence-electron chi connectivity index (χ4n) is 4.43. The quantitative estimate of drug-likeness (QED) is 0.396. The molecule has 2 aromatic heterocycles. The van der Waals surface area contributed by atoms with Crippen LogP contribution in [0, 0.1) is 5.92 Å². The van der Waals surface area contributed by atoms with Crippen molar-refractivity contribution in [2.24, 2.45) is 5.92 Å². The molecule has 2 aromatic rings. The van der Waals surface area contributed by atoms with E-state index in [4.69, 9.17) is 14.0 Å². The molecule has 1 aliphatic carbocycles. The van der Waals surface area contributed by atoms with E-state index in [0.29, 0.717) is 22.8 Å². The Kier molecular flexibility index (Phi) is 9.19. The standard InChI is InChI=1S/C26H37N3O5/c1-5-32-25(31)21-14-20(16-27-17-21)23-28-24(34-29-23)19(15-22(30)33-26(2,3)4)13-9-12-18-10-7-6-8-11-18/h14,16-19H,5-13,15H2,1-4H3/t19-/m1/s1. The smallest absolute Gasteiger partial charge is 0.339 e. The highest BCUT2D eigenvalue weighted by molar-refractivity contribution is 5.90. The van der Waals surface area contributed by atoms with Gasteiger partial charge < -0.3 is 14.0 Å². The van der Waals surface area contributed by atoms with Crippen molar-refractivity contribution in [2.45, 2.75) is 97.0 Å². The lowest BCUT2D eigenvalue weighted by atomic mass is 9.84. The van der Waals surface area contributed by atoms with Crippen molar-refractivity contribution in [3.8, 4) is 11.4 Å².